The van der Waals surface area contributed by atoms with Gasteiger partial charge in [0.25, 0.3) is 12.4 Å². The molecular weight excluding hydrogens is 497 g/mol. The molecule has 0 aliphatic rings. The fraction of sp³-hybridized carbons (Fsp3) is 0.208. The van der Waals surface area contributed by atoms with Crippen molar-refractivity contribution in [3.63, 3.8) is 0 Å². The van der Waals surface area contributed by atoms with Crippen LogP contribution in [-0.4, -0.2) is 41.6 Å². The maximum absolute atomic E-state index is 14.1. The fourth-order valence-electron chi connectivity index (χ4n) is 3.90. The van der Waals surface area contributed by atoms with Gasteiger partial charge in [0, 0.05) is 24.4 Å². The molecular formula is C24H18F5N7O. The van der Waals surface area contributed by atoms with E-state index in [-0.39, 0.29) is 33.7 Å². The van der Waals surface area contributed by atoms with E-state index in [1.54, 1.807) is 43.6 Å². The molecule has 8 nitrogen and oxygen atoms in total. The van der Waals surface area contributed by atoms with Crippen LogP contribution in [0, 0.1) is 6.92 Å². The van der Waals surface area contributed by atoms with Gasteiger partial charge in [-0.25, -0.2) is 23.7 Å². The van der Waals surface area contributed by atoms with Crippen molar-refractivity contribution in [3.05, 3.63) is 65.6 Å². The molecule has 1 aromatic carbocycles. The molecule has 0 saturated heterocycles. The number of aromatic nitrogens is 7. The van der Waals surface area contributed by atoms with Crippen LogP contribution < -0.4 is 4.74 Å². The number of halogens is 5. The summed E-state index contributed by atoms with van der Waals surface area (Å²) in [6.45, 7) is 1.46. The van der Waals surface area contributed by atoms with Crippen molar-refractivity contribution in [2.24, 2.45) is 7.05 Å². The van der Waals surface area contributed by atoms with Crippen LogP contribution in [0.3, 0.4) is 0 Å². The first kappa shape index (κ1) is 24.3. The molecule has 0 radical (unpaired) electrons. The molecule has 5 aromatic rings. The zero-order chi connectivity index (χ0) is 26.5. The molecule has 4 aromatic heterocycles. The molecule has 0 bridgehead atoms. The predicted molar refractivity (Wildman–Crippen MR) is 123 cm³/mol. The van der Waals surface area contributed by atoms with Crippen molar-refractivity contribution in [2.75, 3.05) is 7.11 Å². The fourth-order valence-corrected chi connectivity index (χ4v) is 3.90. The lowest BCUT2D eigenvalue weighted by Crippen LogP contribution is -2.14. The highest BCUT2D eigenvalue weighted by Gasteiger charge is 2.34. The number of aryl methyl sites for hydroxylation is 2. The maximum atomic E-state index is 14.1. The number of nitrogens with zero attached hydrogens (tertiary/aromatic N) is 7. The molecule has 4 heterocycles. The number of methoxy groups -OCH3 is 1. The maximum Gasteiger partial charge on any atom is 0.433 e. The first-order valence-corrected chi connectivity index (χ1v) is 10.8. The van der Waals surface area contributed by atoms with Gasteiger partial charge in [-0.15, -0.1) is 0 Å². The second kappa shape index (κ2) is 8.91. The summed E-state index contributed by atoms with van der Waals surface area (Å²) in [7, 11) is 3.12. The normalized spacial score (nSPS) is 12.0. The number of hydrogen-bond donors (Lipinski definition) is 0. The third-order valence-corrected chi connectivity index (χ3v) is 5.63. The molecule has 5 rings (SSSR count). The van der Waals surface area contributed by atoms with Gasteiger partial charge in [-0.3, -0.25) is 4.68 Å². The van der Waals surface area contributed by atoms with Crippen LogP contribution in [0.15, 0.2) is 48.7 Å². The van der Waals surface area contributed by atoms with E-state index in [1.165, 1.54) is 24.8 Å². The Labute approximate surface area is 206 Å². The molecule has 190 valence electrons. The minimum absolute atomic E-state index is 0.00157. The third-order valence-electron chi connectivity index (χ3n) is 5.63. The van der Waals surface area contributed by atoms with Gasteiger partial charge in [0.2, 0.25) is 0 Å². The van der Waals surface area contributed by atoms with E-state index in [4.69, 9.17) is 4.74 Å². The van der Waals surface area contributed by atoms with Crippen LogP contribution in [0.2, 0.25) is 0 Å². The average molecular weight is 515 g/mol. The van der Waals surface area contributed by atoms with Crippen LogP contribution in [-0.2, 0) is 13.2 Å². The van der Waals surface area contributed by atoms with Crippen LogP contribution in [0.25, 0.3) is 39.6 Å². The number of alkyl halides is 5. The second-order valence-electron chi connectivity index (χ2n) is 8.13. The predicted octanol–water partition coefficient (Wildman–Crippen LogP) is 5.55. The minimum atomic E-state index is -4.81. The summed E-state index contributed by atoms with van der Waals surface area (Å²) in [5.41, 5.74) is -0.855. The smallest absolute Gasteiger partial charge is 0.433 e. The third kappa shape index (κ3) is 4.47. The second-order valence-corrected chi connectivity index (χ2v) is 8.13. The molecule has 0 atom stereocenters. The number of rotatable bonds is 5. The van der Waals surface area contributed by atoms with Gasteiger partial charge in [-0.2, -0.15) is 28.1 Å². The first-order valence-electron chi connectivity index (χ1n) is 10.8. The Morgan fingerprint density at radius 2 is 1.62 bits per heavy atom. The number of ether oxygens (including phenoxy) is 1. The average Bonchev–Trinajstić information content (AvgIpc) is 3.45. The number of benzene rings is 1. The largest absolute Gasteiger partial charge is 0.497 e. The lowest BCUT2D eigenvalue weighted by atomic mass is 10.1. The van der Waals surface area contributed by atoms with E-state index in [1.807, 2.05) is 0 Å². The quantitative estimate of drug-likeness (QED) is 0.286. The van der Waals surface area contributed by atoms with Crippen LogP contribution in [0.1, 0.15) is 23.4 Å². The molecule has 0 saturated carbocycles. The van der Waals surface area contributed by atoms with Gasteiger partial charge >= 0.3 is 6.18 Å². The first-order chi connectivity index (χ1) is 17.5. The van der Waals surface area contributed by atoms with Crippen molar-refractivity contribution in [1.82, 2.24) is 34.5 Å². The Kier molecular flexibility index (Phi) is 5.85. The van der Waals surface area contributed by atoms with Crippen molar-refractivity contribution in [3.8, 4) is 34.3 Å². The Bertz CT molecular complexity index is 1610. The highest BCUT2D eigenvalue weighted by Crippen LogP contribution is 2.35. The SMILES string of the molecule is COc1ccc(-c2cc(C(F)(F)F)nc(-n3nc(C)c4c(C(F)F)cc(-c5ccn(C)n5)nc43)n2)cc1. The van der Waals surface area contributed by atoms with Gasteiger partial charge in [0.15, 0.2) is 11.3 Å². The summed E-state index contributed by atoms with van der Waals surface area (Å²) in [5, 5.41) is 8.41. The number of pyridine rings is 1. The summed E-state index contributed by atoms with van der Waals surface area (Å²) in [5.74, 6) is 0.0400. The molecule has 0 unspecified atom stereocenters. The van der Waals surface area contributed by atoms with Crippen molar-refractivity contribution in [2.45, 2.75) is 19.5 Å². The summed E-state index contributed by atoms with van der Waals surface area (Å²) in [6, 6.07) is 9.83. The summed E-state index contributed by atoms with van der Waals surface area (Å²) >= 11 is 0. The van der Waals surface area contributed by atoms with Gasteiger partial charge in [0.05, 0.1) is 29.6 Å². The van der Waals surface area contributed by atoms with E-state index in [0.29, 0.717) is 17.0 Å². The minimum Gasteiger partial charge on any atom is -0.497 e. The molecule has 13 heteroatoms. The molecule has 0 fully saturated rings. The summed E-state index contributed by atoms with van der Waals surface area (Å²) < 4.78 is 77.1. The molecule has 0 spiro atoms. The Morgan fingerprint density at radius 3 is 2.22 bits per heavy atom. The molecule has 0 aliphatic carbocycles. The summed E-state index contributed by atoms with van der Waals surface area (Å²) in [4.78, 5) is 12.4. The van der Waals surface area contributed by atoms with Gasteiger partial charge in [0.1, 0.15) is 11.4 Å². The van der Waals surface area contributed by atoms with Gasteiger partial charge in [-0.1, -0.05) is 0 Å². The van der Waals surface area contributed by atoms with E-state index in [0.717, 1.165) is 10.7 Å². The Balaban J connectivity index is 1.77. The Morgan fingerprint density at radius 1 is 0.892 bits per heavy atom. The molecule has 0 amide bonds. The standard InChI is InChI=1S/C24H18F5N7O/c1-12-20-15(21(25)26)10-18(16-8-9-35(2)34-16)30-22(20)36(33-12)23-31-17(11-19(32-23)24(27,28)29)13-4-6-14(37-3)7-5-13/h4-11,21H,1-3H3. The lowest BCUT2D eigenvalue weighted by molar-refractivity contribution is -0.141. The molecule has 0 N–H and O–H groups in total. The molecule has 0 aliphatic heterocycles. The number of fused-ring (bicyclic) bond motifs is 1. The number of hydrogen-bond acceptors (Lipinski definition) is 6. The van der Waals surface area contributed by atoms with Crippen molar-refractivity contribution < 1.29 is 26.7 Å². The highest BCUT2D eigenvalue weighted by atomic mass is 19.4. The zero-order valence-corrected chi connectivity index (χ0v) is 19.6. The molecule has 37 heavy (non-hydrogen) atoms. The van der Waals surface area contributed by atoms with E-state index in [9.17, 15) is 22.0 Å². The Hall–Kier alpha value is -4.42. The van der Waals surface area contributed by atoms with Gasteiger partial charge in [-0.05, 0) is 49.4 Å². The zero-order valence-electron chi connectivity index (χ0n) is 19.6. The van der Waals surface area contributed by atoms with E-state index >= 15 is 0 Å². The lowest BCUT2D eigenvalue weighted by Gasteiger charge is -2.12. The topological polar surface area (TPSA) is 83.5 Å². The van der Waals surface area contributed by atoms with Crippen LogP contribution in [0.4, 0.5) is 22.0 Å². The van der Waals surface area contributed by atoms with Gasteiger partial charge < -0.3 is 4.74 Å². The van der Waals surface area contributed by atoms with Crippen LogP contribution in [0.5, 0.6) is 5.75 Å². The van der Waals surface area contributed by atoms with E-state index in [2.05, 4.69) is 25.1 Å². The van der Waals surface area contributed by atoms with Crippen LogP contribution >= 0.6 is 0 Å². The highest BCUT2D eigenvalue weighted by molar-refractivity contribution is 5.86. The summed E-state index contributed by atoms with van der Waals surface area (Å²) in [6.07, 6.45) is -6.10. The van der Waals surface area contributed by atoms with Crippen molar-refractivity contribution >= 4 is 11.0 Å². The monoisotopic (exact) mass is 515 g/mol. The van der Waals surface area contributed by atoms with Crippen molar-refractivity contribution in [1.29, 1.82) is 0 Å². The van der Waals surface area contributed by atoms with E-state index < -0.39 is 24.2 Å².